The maximum absolute atomic E-state index is 14.9. The van der Waals surface area contributed by atoms with E-state index >= 15 is 0 Å². The Bertz CT molecular complexity index is 1090. The first-order valence-electron chi connectivity index (χ1n) is 8.83. The van der Waals surface area contributed by atoms with Crippen molar-refractivity contribution in [3.63, 3.8) is 0 Å². The minimum atomic E-state index is -3.00. The Kier molecular flexibility index (Phi) is 4.26. The largest absolute Gasteiger partial charge is 0.309 e. The molecule has 0 heterocycles. The summed E-state index contributed by atoms with van der Waals surface area (Å²) in [7, 11) is -3.00. The molecule has 0 radical (unpaired) electrons. The third-order valence-corrected chi connectivity index (χ3v) is 8.44. The van der Waals surface area contributed by atoms with E-state index < -0.39 is 7.14 Å². The van der Waals surface area contributed by atoms with Crippen molar-refractivity contribution in [2.75, 3.05) is 0 Å². The van der Waals surface area contributed by atoms with Gasteiger partial charge in [-0.15, -0.1) is 0 Å². The van der Waals surface area contributed by atoms with Gasteiger partial charge in [-0.3, -0.25) is 0 Å². The second kappa shape index (κ2) is 6.59. The van der Waals surface area contributed by atoms with Crippen LogP contribution in [0.2, 0.25) is 0 Å². The van der Waals surface area contributed by atoms with E-state index in [4.69, 9.17) is 0 Å². The standard InChI is InChI=1S/C24H21OP/c1-18-10-3-7-15-22(18)26(25,23-16-8-4-11-19(23)2)24-17-9-13-20-12-5-6-14-21(20)24/h3-17H,1-2H3. The lowest BCUT2D eigenvalue weighted by molar-refractivity contribution is 0.592. The first-order valence-corrected chi connectivity index (χ1v) is 10.5. The Labute approximate surface area is 154 Å². The predicted molar refractivity (Wildman–Crippen MR) is 113 cm³/mol. The van der Waals surface area contributed by atoms with Crippen molar-refractivity contribution in [3.05, 3.63) is 102 Å². The van der Waals surface area contributed by atoms with Crippen LogP contribution in [0.1, 0.15) is 11.1 Å². The van der Waals surface area contributed by atoms with E-state index in [1.165, 1.54) is 0 Å². The number of benzene rings is 4. The fourth-order valence-corrected chi connectivity index (χ4v) is 7.06. The molecule has 0 saturated carbocycles. The summed E-state index contributed by atoms with van der Waals surface area (Å²) < 4.78 is 14.9. The Hall–Kier alpha value is -2.63. The van der Waals surface area contributed by atoms with Crippen molar-refractivity contribution in [1.82, 2.24) is 0 Å². The molecule has 2 heteroatoms. The van der Waals surface area contributed by atoms with Gasteiger partial charge in [-0.1, -0.05) is 91.0 Å². The average Bonchev–Trinajstić information content (AvgIpc) is 2.68. The number of hydrogen-bond acceptors (Lipinski definition) is 1. The fourth-order valence-electron chi connectivity index (χ4n) is 3.71. The van der Waals surface area contributed by atoms with Crippen molar-refractivity contribution < 1.29 is 4.57 Å². The molecule has 0 aliphatic rings. The Morgan fingerprint density at radius 2 is 1.00 bits per heavy atom. The third kappa shape index (κ3) is 2.60. The topological polar surface area (TPSA) is 17.1 Å². The molecule has 0 fully saturated rings. The van der Waals surface area contributed by atoms with Crippen LogP contribution < -0.4 is 15.9 Å². The minimum absolute atomic E-state index is 0.916. The molecule has 0 saturated heterocycles. The zero-order valence-electron chi connectivity index (χ0n) is 15.0. The lowest BCUT2D eigenvalue weighted by Gasteiger charge is -2.24. The van der Waals surface area contributed by atoms with Gasteiger partial charge in [0.15, 0.2) is 7.14 Å². The first kappa shape index (κ1) is 16.8. The number of rotatable bonds is 3. The SMILES string of the molecule is Cc1ccccc1P(=O)(c1ccccc1C)c1cccc2ccccc12. The maximum atomic E-state index is 14.9. The molecule has 0 atom stereocenters. The van der Waals surface area contributed by atoms with Crippen LogP contribution in [0.25, 0.3) is 10.8 Å². The average molecular weight is 356 g/mol. The maximum Gasteiger partial charge on any atom is 0.172 e. The second-order valence-electron chi connectivity index (χ2n) is 6.68. The van der Waals surface area contributed by atoms with Gasteiger partial charge in [0.25, 0.3) is 0 Å². The number of hydrogen-bond donors (Lipinski definition) is 0. The summed E-state index contributed by atoms with van der Waals surface area (Å²) in [6.45, 7) is 4.09. The van der Waals surface area contributed by atoms with Crippen molar-refractivity contribution >= 4 is 33.8 Å². The summed E-state index contributed by atoms with van der Waals surface area (Å²) in [5.41, 5.74) is 2.12. The molecule has 1 nitrogen and oxygen atoms in total. The van der Waals surface area contributed by atoms with Gasteiger partial charge in [0.05, 0.1) is 0 Å². The van der Waals surface area contributed by atoms with Crippen LogP contribution in [0.15, 0.2) is 91.0 Å². The second-order valence-corrected chi connectivity index (χ2v) is 9.34. The molecule has 4 rings (SSSR count). The number of fused-ring (bicyclic) bond motifs is 1. The summed E-state index contributed by atoms with van der Waals surface area (Å²) in [5, 5.41) is 4.94. The molecular weight excluding hydrogens is 335 g/mol. The molecule has 0 amide bonds. The molecule has 0 aliphatic heterocycles. The normalized spacial score (nSPS) is 11.6. The highest BCUT2D eigenvalue weighted by molar-refractivity contribution is 7.85. The highest BCUT2D eigenvalue weighted by Gasteiger charge is 2.33. The Morgan fingerprint density at radius 1 is 0.538 bits per heavy atom. The summed E-state index contributed by atoms with van der Waals surface area (Å²) in [5.74, 6) is 0. The first-order chi connectivity index (χ1) is 12.6. The monoisotopic (exact) mass is 356 g/mol. The molecule has 0 bridgehead atoms. The van der Waals surface area contributed by atoms with Gasteiger partial charge in [-0.25, -0.2) is 0 Å². The zero-order chi connectivity index (χ0) is 18.1. The van der Waals surface area contributed by atoms with Crippen molar-refractivity contribution in [2.45, 2.75) is 13.8 Å². The molecular formula is C24H21OP. The molecule has 0 aromatic heterocycles. The van der Waals surface area contributed by atoms with Gasteiger partial charge in [0.1, 0.15) is 0 Å². The van der Waals surface area contributed by atoms with Crippen LogP contribution in [-0.2, 0) is 4.57 Å². The van der Waals surface area contributed by atoms with Gasteiger partial charge >= 0.3 is 0 Å². The van der Waals surface area contributed by atoms with Crippen molar-refractivity contribution in [3.8, 4) is 0 Å². The Balaban J connectivity index is 2.15. The molecule has 128 valence electrons. The summed E-state index contributed by atoms with van der Waals surface area (Å²) in [6.07, 6.45) is 0. The highest BCUT2D eigenvalue weighted by atomic mass is 31.2. The molecule has 4 aromatic rings. The summed E-state index contributed by atoms with van der Waals surface area (Å²) >= 11 is 0. The molecule has 0 unspecified atom stereocenters. The van der Waals surface area contributed by atoms with Crippen LogP contribution in [0.4, 0.5) is 0 Å². The van der Waals surface area contributed by atoms with E-state index in [1.54, 1.807) is 0 Å². The van der Waals surface area contributed by atoms with Crippen molar-refractivity contribution in [2.24, 2.45) is 0 Å². The minimum Gasteiger partial charge on any atom is -0.309 e. The van der Waals surface area contributed by atoms with Gasteiger partial charge < -0.3 is 4.57 Å². The molecule has 26 heavy (non-hydrogen) atoms. The summed E-state index contributed by atoms with van der Waals surface area (Å²) in [6, 6.07) is 30.4. The van der Waals surface area contributed by atoms with Crippen LogP contribution in [0.3, 0.4) is 0 Å². The van der Waals surface area contributed by atoms with E-state index in [-0.39, 0.29) is 0 Å². The molecule has 0 aliphatic carbocycles. The van der Waals surface area contributed by atoms with Gasteiger partial charge in [0, 0.05) is 15.9 Å². The predicted octanol–water partition coefficient (Wildman–Crippen LogP) is 5.10. The van der Waals surface area contributed by atoms with Crippen LogP contribution in [0.5, 0.6) is 0 Å². The molecule has 0 spiro atoms. The number of aryl methyl sites for hydroxylation is 2. The van der Waals surface area contributed by atoms with Gasteiger partial charge in [-0.2, -0.15) is 0 Å². The lowest BCUT2D eigenvalue weighted by atomic mass is 10.1. The smallest absolute Gasteiger partial charge is 0.172 e. The zero-order valence-corrected chi connectivity index (χ0v) is 15.9. The van der Waals surface area contributed by atoms with E-state index in [0.29, 0.717) is 0 Å². The van der Waals surface area contributed by atoms with E-state index in [0.717, 1.165) is 37.8 Å². The van der Waals surface area contributed by atoms with E-state index in [9.17, 15) is 4.57 Å². The molecule has 4 aromatic carbocycles. The van der Waals surface area contributed by atoms with Crippen molar-refractivity contribution in [1.29, 1.82) is 0 Å². The van der Waals surface area contributed by atoms with Crippen LogP contribution in [0, 0.1) is 13.8 Å². The van der Waals surface area contributed by atoms with E-state index in [2.05, 4.69) is 18.2 Å². The quantitative estimate of drug-likeness (QED) is 0.467. The van der Waals surface area contributed by atoms with Crippen LogP contribution in [-0.4, -0.2) is 0 Å². The Morgan fingerprint density at radius 3 is 1.62 bits per heavy atom. The third-order valence-electron chi connectivity index (χ3n) is 5.02. The summed E-state index contributed by atoms with van der Waals surface area (Å²) in [4.78, 5) is 0. The van der Waals surface area contributed by atoms with E-state index in [1.807, 2.05) is 86.6 Å². The fraction of sp³-hybridized carbons (Fsp3) is 0.0833. The molecule has 0 N–H and O–H groups in total. The van der Waals surface area contributed by atoms with Crippen LogP contribution >= 0.6 is 7.14 Å². The van der Waals surface area contributed by atoms with Gasteiger partial charge in [0.2, 0.25) is 0 Å². The lowest BCUT2D eigenvalue weighted by Crippen LogP contribution is -2.28. The van der Waals surface area contributed by atoms with Gasteiger partial charge in [-0.05, 0) is 35.7 Å². The highest BCUT2D eigenvalue weighted by Crippen LogP contribution is 2.45.